The summed E-state index contributed by atoms with van der Waals surface area (Å²) in [6.07, 6.45) is 13.7. The fraction of sp³-hybridized carbons (Fsp3) is 0.136. The highest BCUT2D eigenvalue weighted by molar-refractivity contribution is 7.27. The van der Waals surface area contributed by atoms with E-state index in [0.29, 0.717) is 0 Å². The smallest absolute Gasteiger partial charge is 0.0434 e. The fourth-order valence-electron chi connectivity index (χ4n) is 7.47. The van der Waals surface area contributed by atoms with Crippen LogP contribution in [0.4, 0.5) is 0 Å². The number of benzene rings is 7. The summed E-state index contributed by atoms with van der Waals surface area (Å²) in [6.45, 7) is 0. The van der Waals surface area contributed by atoms with E-state index in [0.717, 1.165) is 25.7 Å². The van der Waals surface area contributed by atoms with Crippen LogP contribution in [0.1, 0.15) is 36.0 Å². The van der Waals surface area contributed by atoms with Crippen molar-refractivity contribution in [3.8, 4) is 0 Å². The van der Waals surface area contributed by atoms with E-state index >= 15 is 0 Å². The highest BCUT2D eigenvalue weighted by Gasteiger charge is 2.14. The third-order valence-electron chi connectivity index (χ3n) is 9.88. The zero-order valence-corrected chi connectivity index (χ0v) is 26.2. The molecule has 0 N–H and O–H groups in total. The second-order valence-corrected chi connectivity index (χ2v) is 13.7. The van der Waals surface area contributed by atoms with Crippen LogP contribution in [0.15, 0.2) is 139 Å². The van der Waals surface area contributed by atoms with Crippen molar-refractivity contribution in [2.45, 2.75) is 38.5 Å². The normalized spacial score (nSPS) is 13.6. The van der Waals surface area contributed by atoms with Crippen molar-refractivity contribution in [3.63, 3.8) is 0 Å². The third-order valence-corrected chi connectivity index (χ3v) is 11.2. The van der Waals surface area contributed by atoms with Crippen molar-refractivity contribution in [3.05, 3.63) is 156 Å². The van der Waals surface area contributed by atoms with Crippen molar-refractivity contribution in [1.82, 2.24) is 0 Å². The first-order valence-electron chi connectivity index (χ1n) is 16.3. The lowest BCUT2D eigenvalue weighted by molar-refractivity contribution is 0.921. The molecule has 0 unspecified atom stereocenters. The van der Waals surface area contributed by atoms with Gasteiger partial charge in [0.25, 0.3) is 0 Å². The van der Waals surface area contributed by atoms with Gasteiger partial charge in [-0.2, -0.15) is 0 Å². The molecule has 7 aromatic carbocycles. The summed E-state index contributed by atoms with van der Waals surface area (Å²) in [4.78, 5) is 0. The van der Waals surface area contributed by atoms with E-state index in [-0.39, 0.29) is 0 Å². The van der Waals surface area contributed by atoms with E-state index in [4.69, 9.17) is 0 Å². The van der Waals surface area contributed by atoms with Crippen LogP contribution in [-0.2, 0) is 19.3 Å². The Balaban J connectivity index is 1.09. The quantitative estimate of drug-likeness (QED) is 0.168. The lowest BCUT2D eigenvalue weighted by atomic mass is 9.95. The van der Waals surface area contributed by atoms with Crippen LogP contribution in [0.5, 0.6) is 0 Å². The highest BCUT2D eigenvalue weighted by Crippen LogP contribution is 2.44. The van der Waals surface area contributed by atoms with Crippen molar-refractivity contribution >= 4 is 74.6 Å². The molecule has 0 radical (unpaired) electrons. The maximum Gasteiger partial charge on any atom is 0.0434 e. The Morgan fingerprint density at radius 1 is 0.422 bits per heavy atom. The van der Waals surface area contributed by atoms with Crippen LogP contribution < -0.4 is 0 Å². The molecule has 0 saturated heterocycles. The van der Waals surface area contributed by atoms with Gasteiger partial charge in [0.05, 0.1) is 0 Å². The summed E-state index contributed by atoms with van der Waals surface area (Å²) in [6, 6.07) is 43.8. The molecule has 45 heavy (non-hydrogen) atoms. The van der Waals surface area contributed by atoms with Gasteiger partial charge >= 0.3 is 0 Å². The van der Waals surface area contributed by atoms with Crippen LogP contribution in [0.3, 0.4) is 0 Å². The molecule has 216 valence electrons. The molecule has 1 aliphatic rings. The maximum absolute atomic E-state index is 2.41. The predicted octanol–water partition coefficient (Wildman–Crippen LogP) is 12.7. The van der Waals surface area contributed by atoms with Crippen LogP contribution >= 0.6 is 11.3 Å². The monoisotopic (exact) mass is 594 g/mol. The van der Waals surface area contributed by atoms with E-state index in [1.807, 2.05) is 11.3 Å². The summed E-state index contributed by atoms with van der Waals surface area (Å²) >= 11 is 1.96. The van der Waals surface area contributed by atoms with Crippen LogP contribution in [0.25, 0.3) is 63.3 Å². The van der Waals surface area contributed by atoms with Crippen molar-refractivity contribution < 1.29 is 0 Å². The topological polar surface area (TPSA) is 0 Å². The zero-order valence-electron chi connectivity index (χ0n) is 25.4. The van der Waals surface area contributed by atoms with E-state index in [1.165, 1.54) is 98.4 Å². The van der Waals surface area contributed by atoms with Crippen LogP contribution in [-0.4, -0.2) is 0 Å². The van der Waals surface area contributed by atoms with Gasteiger partial charge in [0.1, 0.15) is 0 Å². The van der Waals surface area contributed by atoms with Crippen molar-refractivity contribution in [1.29, 1.82) is 0 Å². The van der Waals surface area contributed by atoms with Crippen molar-refractivity contribution in [2.24, 2.45) is 0 Å². The van der Waals surface area contributed by atoms with E-state index in [1.54, 1.807) is 0 Å². The molecule has 0 bridgehead atoms. The Kier molecular flexibility index (Phi) is 6.53. The molecule has 0 amide bonds. The van der Waals surface area contributed by atoms with Gasteiger partial charge in [0, 0.05) is 30.9 Å². The molecule has 0 atom stereocenters. The first kappa shape index (κ1) is 26.7. The second-order valence-electron chi connectivity index (χ2n) is 12.7. The van der Waals surface area contributed by atoms with E-state index in [2.05, 4.69) is 133 Å². The SMILES string of the molecule is C1=CC(CCc2ccc3c(ccc4c3ccc3c5ccc6c7ccc(CCc8ccccc8)cc7ccc6c5sc43)c2)=CCC1. The van der Waals surface area contributed by atoms with E-state index in [9.17, 15) is 0 Å². The lowest BCUT2D eigenvalue weighted by Crippen LogP contribution is -1.91. The zero-order chi connectivity index (χ0) is 29.7. The Hall–Kier alpha value is -4.72. The molecule has 1 aliphatic carbocycles. The number of rotatable bonds is 6. The first-order chi connectivity index (χ1) is 22.3. The summed E-state index contributed by atoms with van der Waals surface area (Å²) in [5, 5.41) is 13.5. The molecular weight excluding hydrogens is 561 g/mol. The van der Waals surface area contributed by atoms with Gasteiger partial charge in [-0.25, -0.2) is 0 Å². The molecule has 1 heteroatoms. The summed E-state index contributed by atoms with van der Waals surface area (Å²) in [5.74, 6) is 0. The number of allylic oxidation sites excluding steroid dienone is 4. The molecule has 1 heterocycles. The molecule has 0 aliphatic heterocycles. The molecule has 0 nitrogen and oxygen atoms in total. The summed E-state index contributed by atoms with van der Waals surface area (Å²) in [5.41, 5.74) is 5.70. The summed E-state index contributed by atoms with van der Waals surface area (Å²) in [7, 11) is 0. The number of hydrogen-bond donors (Lipinski definition) is 0. The maximum atomic E-state index is 2.41. The van der Waals surface area contributed by atoms with E-state index < -0.39 is 0 Å². The van der Waals surface area contributed by atoms with Gasteiger partial charge in [-0.15, -0.1) is 11.3 Å². The van der Waals surface area contributed by atoms with Crippen LogP contribution in [0, 0.1) is 0 Å². The Morgan fingerprint density at radius 3 is 1.53 bits per heavy atom. The molecular formula is C44H34S. The average molecular weight is 595 g/mol. The number of hydrogen-bond acceptors (Lipinski definition) is 1. The molecule has 0 spiro atoms. The fourth-order valence-corrected chi connectivity index (χ4v) is 8.82. The van der Waals surface area contributed by atoms with Crippen molar-refractivity contribution in [2.75, 3.05) is 0 Å². The minimum Gasteiger partial charge on any atom is -0.134 e. The molecule has 8 aromatic rings. The number of thiophene rings is 1. The Morgan fingerprint density at radius 2 is 0.933 bits per heavy atom. The second kappa shape index (κ2) is 11.0. The predicted molar refractivity (Wildman–Crippen MR) is 198 cm³/mol. The minimum atomic E-state index is 1.06. The standard InChI is InChI=1S/C44H34S/c1-3-7-29(8-4-1)11-13-31-15-19-35-33(27-31)17-21-39-37(35)23-25-41-42-26-24-38-36-20-16-32(14-12-30-9-5-2-6-10-30)28-34(36)18-22-40(38)44(42)45-43(39)41/h1,3-5,7-10,15-28H,2,6,11-14H2. The average Bonchev–Trinajstić information content (AvgIpc) is 3.50. The lowest BCUT2D eigenvalue weighted by Gasteiger charge is -2.09. The molecule has 1 aromatic heterocycles. The third kappa shape index (κ3) is 4.74. The Bertz CT molecular complexity index is 2470. The van der Waals surface area contributed by atoms with Gasteiger partial charge in [-0.1, -0.05) is 139 Å². The molecule has 0 fully saturated rings. The van der Waals surface area contributed by atoms with Gasteiger partial charge in [-0.3, -0.25) is 0 Å². The molecule has 9 rings (SSSR count). The van der Waals surface area contributed by atoms with Gasteiger partial charge in [-0.05, 0) is 87.5 Å². The number of aryl methyl sites for hydroxylation is 3. The largest absolute Gasteiger partial charge is 0.134 e. The first-order valence-corrected chi connectivity index (χ1v) is 17.1. The van der Waals surface area contributed by atoms with Gasteiger partial charge < -0.3 is 0 Å². The Labute approximate surface area is 267 Å². The highest BCUT2D eigenvalue weighted by atomic mass is 32.1. The van der Waals surface area contributed by atoms with Gasteiger partial charge in [0.15, 0.2) is 0 Å². The van der Waals surface area contributed by atoms with Gasteiger partial charge in [0.2, 0.25) is 0 Å². The van der Waals surface area contributed by atoms with Crippen LogP contribution in [0.2, 0.25) is 0 Å². The minimum absolute atomic E-state index is 1.06. The number of fused-ring (bicyclic) bond motifs is 11. The summed E-state index contributed by atoms with van der Waals surface area (Å²) < 4.78 is 2.79. The molecule has 0 saturated carbocycles.